The summed E-state index contributed by atoms with van der Waals surface area (Å²) in [6.45, 7) is 16.6. The lowest BCUT2D eigenvalue weighted by molar-refractivity contribution is -0.131. The van der Waals surface area contributed by atoms with E-state index in [4.69, 9.17) is 25.2 Å². The van der Waals surface area contributed by atoms with E-state index in [0.29, 0.717) is 25.9 Å². The minimum atomic E-state index is -0.565. The number of piperazine rings is 1. The number of nitrogens with two attached hydrogens (primary N) is 1. The third-order valence-corrected chi connectivity index (χ3v) is 11.9. The van der Waals surface area contributed by atoms with Gasteiger partial charge in [-0.3, -0.25) is 20.1 Å². The monoisotopic (exact) mass is 772 g/mol. The Bertz CT molecular complexity index is 1890. The number of aryl methyl sites for hydroxylation is 1. The second-order valence-electron chi connectivity index (χ2n) is 16.0. The Morgan fingerprint density at radius 2 is 1.89 bits per heavy atom. The number of nitrogens with zero attached hydrogens (tertiary/aromatic N) is 6. The molecule has 12 nitrogen and oxygen atoms in total. The summed E-state index contributed by atoms with van der Waals surface area (Å²) in [4.78, 5) is 37.4. The fourth-order valence-electron chi connectivity index (χ4n) is 7.85. The average molecular weight is 773 g/mol. The molecule has 13 heteroatoms. The molecule has 3 aliphatic rings. The summed E-state index contributed by atoms with van der Waals surface area (Å²) in [5.74, 6) is 0. The molecule has 1 aliphatic carbocycles. The van der Waals surface area contributed by atoms with E-state index in [1.165, 1.54) is 49.1 Å². The molecule has 0 radical (unpaired) electrons. The van der Waals surface area contributed by atoms with Gasteiger partial charge in [0, 0.05) is 105 Å². The number of rotatable bonds is 15. The largest absolute Gasteiger partial charge is 0.467 e. The molecule has 0 bridgehead atoms. The van der Waals surface area contributed by atoms with Gasteiger partial charge in [-0.25, -0.2) is 9.99 Å². The van der Waals surface area contributed by atoms with Crippen LogP contribution in [0.3, 0.4) is 0 Å². The standard InChI is InChI=1S/C37H48N6O4S.C5H12N2/c1-6-43-33-10-7-25(32-21-48-34(40-32)16-26(38)20-44)15-29(33)31(18-37(3,4)22-47-23-45)36(43)30-17-28(19-39-35(30)24(2)46-5)42-13-11-41(12-14-42)27-8-9-27;1-7-5-3-2-4-6-7/h7,10,15,17,19-21,23-24,26-27H,6,8-9,11-14,16,18,22,38H2,1-5H3;6H,2-5H2,1H3. The lowest BCUT2D eigenvalue weighted by Gasteiger charge is -2.36. The van der Waals surface area contributed by atoms with Crippen LogP contribution in [0.2, 0.25) is 0 Å². The number of nitrogens with one attached hydrogen (secondary N) is 1. The van der Waals surface area contributed by atoms with Gasteiger partial charge in [0.25, 0.3) is 6.47 Å². The molecule has 2 aliphatic heterocycles. The van der Waals surface area contributed by atoms with Gasteiger partial charge in [0.1, 0.15) is 6.29 Å². The molecule has 298 valence electrons. The zero-order valence-corrected chi connectivity index (χ0v) is 34.4. The Hall–Kier alpha value is -3.72. The van der Waals surface area contributed by atoms with Crippen LogP contribution < -0.4 is 16.1 Å². The van der Waals surface area contributed by atoms with E-state index in [1.807, 2.05) is 11.6 Å². The minimum Gasteiger partial charge on any atom is -0.467 e. The molecule has 7 rings (SSSR count). The van der Waals surface area contributed by atoms with Gasteiger partial charge >= 0.3 is 0 Å². The second kappa shape index (κ2) is 18.5. The van der Waals surface area contributed by atoms with Crippen molar-refractivity contribution in [2.24, 2.45) is 11.1 Å². The van der Waals surface area contributed by atoms with Crippen LogP contribution in [0.1, 0.15) is 75.7 Å². The molecule has 3 N–H and O–H groups in total. The number of aldehydes is 1. The van der Waals surface area contributed by atoms with Crippen LogP contribution in [-0.2, 0) is 38.4 Å². The number of hydrazine groups is 1. The van der Waals surface area contributed by atoms with Crippen molar-refractivity contribution in [3.8, 4) is 22.5 Å². The third-order valence-electron chi connectivity index (χ3n) is 11.1. The zero-order valence-electron chi connectivity index (χ0n) is 33.6. The number of carbonyl (C=O) groups excluding carboxylic acids is 2. The average Bonchev–Trinajstić information content (AvgIpc) is 3.88. The smallest absolute Gasteiger partial charge is 0.293 e. The van der Waals surface area contributed by atoms with E-state index < -0.39 is 6.04 Å². The summed E-state index contributed by atoms with van der Waals surface area (Å²) in [6.07, 6.45) is 8.99. The van der Waals surface area contributed by atoms with Crippen LogP contribution in [0.15, 0.2) is 35.8 Å². The van der Waals surface area contributed by atoms with E-state index in [1.54, 1.807) is 7.11 Å². The van der Waals surface area contributed by atoms with Crippen LogP contribution in [0.5, 0.6) is 0 Å². The van der Waals surface area contributed by atoms with Crippen molar-refractivity contribution in [1.29, 1.82) is 0 Å². The molecule has 2 unspecified atom stereocenters. The third kappa shape index (κ3) is 10.00. The van der Waals surface area contributed by atoms with Crippen molar-refractivity contribution in [2.75, 3.05) is 64.9 Å². The fourth-order valence-corrected chi connectivity index (χ4v) is 8.72. The van der Waals surface area contributed by atoms with Crippen molar-refractivity contribution in [2.45, 2.75) is 91.0 Å². The molecular weight excluding hydrogens is 713 g/mol. The first-order chi connectivity index (χ1) is 26.5. The number of pyridine rings is 1. The first-order valence-corrected chi connectivity index (χ1v) is 20.8. The van der Waals surface area contributed by atoms with Crippen LogP contribution in [0, 0.1) is 5.41 Å². The number of benzene rings is 1. The molecular formula is C42H60N8O4S. The van der Waals surface area contributed by atoms with Gasteiger partial charge in [0.2, 0.25) is 0 Å². The Balaban J connectivity index is 0.000000661. The van der Waals surface area contributed by atoms with Gasteiger partial charge in [-0.2, -0.15) is 0 Å². The Morgan fingerprint density at radius 3 is 2.51 bits per heavy atom. The van der Waals surface area contributed by atoms with E-state index in [0.717, 1.165) is 101 Å². The quantitative estimate of drug-likeness (QED) is 0.141. The fraction of sp³-hybridized carbons (Fsp3) is 0.571. The van der Waals surface area contributed by atoms with Crippen molar-refractivity contribution in [1.82, 2.24) is 29.9 Å². The number of anilines is 1. The second-order valence-corrected chi connectivity index (χ2v) is 16.9. The number of hydrogen-bond donors (Lipinski definition) is 2. The highest BCUT2D eigenvalue weighted by Gasteiger charge is 2.33. The van der Waals surface area contributed by atoms with Gasteiger partial charge in [0.05, 0.1) is 52.7 Å². The van der Waals surface area contributed by atoms with Crippen molar-refractivity contribution in [3.63, 3.8) is 0 Å². The lowest BCUT2D eigenvalue weighted by atomic mass is 9.84. The van der Waals surface area contributed by atoms with Crippen molar-refractivity contribution >= 4 is 40.7 Å². The van der Waals surface area contributed by atoms with E-state index in [-0.39, 0.29) is 11.5 Å². The summed E-state index contributed by atoms with van der Waals surface area (Å²) in [6, 6.07) is 9.05. The van der Waals surface area contributed by atoms with Crippen LogP contribution in [-0.4, -0.2) is 109 Å². The minimum absolute atomic E-state index is 0.218. The molecule has 2 atom stereocenters. The van der Waals surface area contributed by atoms with Gasteiger partial charge in [-0.15, -0.1) is 11.3 Å². The maximum absolute atomic E-state index is 11.3. The van der Waals surface area contributed by atoms with Crippen molar-refractivity contribution in [3.05, 3.63) is 52.1 Å². The molecule has 55 heavy (non-hydrogen) atoms. The summed E-state index contributed by atoms with van der Waals surface area (Å²) in [5.41, 5.74) is 17.1. The topological polar surface area (TPSA) is 131 Å². The number of carbonyl (C=O) groups is 2. The summed E-state index contributed by atoms with van der Waals surface area (Å²) in [5, 5.41) is 6.14. The number of thiazole rings is 1. The maximum Gasteiger partial charge on any atom is 0.293 e. The lowest BCUT2D eigenvalue weighted by Crippen LogP contribution is -2.47. The predicted molar refractivity (Wildman–Crippen MR) is 221 cm³/mol. The van der Waals surface area contributed by atoms with Crippen molar-refractivity contribution < 1.29 is 19.1 Å². The van der Waals surface area contributed by atoms with Gasteiger partial charge in [-0.1, -0.05) is 19.9 Å². The van der Waals surface area contributed by atoms with Crippen LogP contribution in [0.25, 0.3) is 33.4 Å². The molecule has 2 saturated heterocycles. The highest BCUT2D eigenvalue weighted by molar-refractivity contribution is 7.10. The van der Waals surface area contributed by atoms with Gasteiger partial charge in [0.15, 0.2) is 0 Å². The Morgan fingerprint density at radius 1 is 1.11 bits per heavy atom. The SMILES string of the molecule is CCn1c(-c2cc(N3CCN(C4CC4)CC3)cnc2C(C)OC)c(CC(C)(C)COC=O)c2cc(-c3csc(CC(N)C=O)n3)ccc21.CN1CCCCN1. The van der Waals surface area contributed by atoms with Crippen LogP contribution >= 0.6 is 11.3 Å². The van der Waals surface area contributed by atoms with Crippen LogP contribution in [0.4, 0.5) is 5.69 Å². The Kier molecular flexibility index (Phi) is 13.8. The number of aromatic nitrogens is 3. The molecule has 0 amide bonds. The molecule has 3 fully saturated rings. The molecule has 3 aromatic heterocycles. The molecule has 1 aromatic carbocycles. The van der Waals surface area contributed by atoms with Gasteiger partial charge < -0.3 is 29.5 Å². The normalized spacial score (nSPS) is 18.1. The molecule has 4 aromatic rings. The summed E-state index contributed by atoms with van der Waals surface area (Å²) >= 11 is 1.52. The number of fused-ring (bicyclic) bond motifs is 1. The summed E-state index contributed by atoms with van der Waals surface area (Å²) < 4.78 is 13.6. The highest BCUT2D eigenvalue weighted by atomic mass is 32.1. The highest BCUT2D eigenvalue weighted by Crippen LogP contribution is 2.43. The van der Waals surface area contributed by atoms with Gasteiger partial charge in [-0.05, 0) is 69.7 Å². The number of methoxy groups -OCH3 is 1. The predicted octanol–water partition coefficient (Wildman–Crippen LogP) is 5.87. The number of hydrogen-bond acceptors (Lipinski definition) is 12. The van der Waals surface area contributed by atoms with E-state index in [2.05, 4.69) is 83.8 Å². The first-order valence-electron chi connectivity index (χ1n) is 19.9. The van der Waals surface area contributed by atoms with E-state index >= 15 is 0 Å². The molecule has 5 heterocycles. The molecule has 1 saturated carbocycles. The zero-order chi connectivity index (χ0) is 39.1. The number of ether oxygens (including phenoxy) is 2. The Labute approximate surface area is 330 Å². The first kappa shape index (κ1) is 40.9. The molecule has 0 spiro atoms. The summed E-state index contributed by atoms with van der Waals surface area (Å²) in [7, 11) is 3.81. The van der Waals surface area contributed by atoms with E-state index in [9.17, 15) is 9.59 Å². The maximum atomic E-state index is 11.3.